The molecule has 0 saturated carbocycles. The molecule has 0 atom stereocenters. The van der Waals surface area contributed by atoms with Gasteiger partial charge < -0.3 is 9.67 Å². The van der Waals surface area contributed by atoms with Crippen LogP contribution in [0.25, 0.3) is 21.8 Å². The number of phenolic OH excluding ortho intramolecular Hbond substituents is 1. The monoisotopic (exact) mass is 301 g/mol. The number of fused-ring (bicyclic) bond motifs is 2. The molecule has 0 amide bonds. The van der Waals surface area contributed by atoms with E-state index in [0.717, 1.165) is 16.6 Å². The van der Waals surface area contributed by atoms with Crippen LogP contribution in [0.3, 0.4) is 0 Å². The van der Waals surface area contributed by atoms with Gasteiger partial charge in [0.05, 0.1) is 11.0 Å². The van der Waals surface area contributed by atoms with Crippen LogP contribution in [0.2, 0.25) is 0 Å². The Hall–Kier alpha value is -3.07. The Labute approximate surface area is 133 Å². The van der Waals surface area contributed by atoms with Gasteiger partial charge in [-0.3, -0.25) is 4.79 Å². The number of benzene rings is 3. The van der Waals surface area contributed by atoms with Gasteiger partial charge in [0.15, 0.2) is 5.43 Å². The molecule has 4 rings (SSSR count). The summed E-state index contributed by atoms with van der Waals surface area (Å²) in [5.41, 5.74) is 2.85. The van der Waals surface area contributed by atoms with Gasteiger partial charge in [0.2, 0.25) is 0 Å². The number of nitrogens with zero attached hydrogens (tertiary/aromatic N) is 1. The molecule has 4 aromatic rings. The van der Waals surface area contributed by atoms with E-state index < -0.39 is 0 Å². The van der Waals surface area contributed by atoms with Crippen LogP contribution in [0.1, 0.15) is 5.56 Å². The van der Waals surface area contributed by atoms with Crippen LogP contribution in [0.5, 0.6) is 5.75 Å². The molecular weight excluding hydrogens is 286 g/mol. The predicted molar refractivity (Wildman–Crippen MR) is 92.9 cm³/mol. The van der Waals surface area contributed by atoms with Gasteiger partial charge >= 0.3 is 0 Å². The summed E-state index contributed by atoms with van der Waals surface area (Å²) in [5, 5.41) is 11.1. The van der Waals surface area contributed by atoms with Crippen LogP contribution in [-0.2, 0) is 6.54 Å². The van der Waals surface area contributed by atoms with Gasteiger partial charge in [-0.15, -0.1) is 0 Å². The van der Waals surface area contributed by atoms with Gasteiger partial charge in [0, 0.05) is 17.3 Å². The topological polar surface area (TPSA) is 42.2 Å². The quantitative estimate of drug-likeness (QED) is 0.570. The SMILES string of the molecule is O=c1c2ccccc2n(Cc2cccc(O)c2)c2ccccc12. The first kappa shape index (κ1) is 13.6. The number of aromatic nitrogens is 1. The maximum absolute atomic E-state index is 12.7. The Morgan fingerprint density at radius 3 is 2.00 bits per heavy atom. The maximum atomic E-state index is 12.7. The van der Waals surface area contributed by atoms with E-state index >= 15 is 0 Å². The van der Waals surface area contributed by atoms with Crippen LogP contribution in [0, 0.1) is 0 Å². The normalized spacial score (nSPS) is 11.1. The molecule has 0 aliphatic carbocycles. The molecular formula is C20H15NO2. The molecule has 1 aromatic heterocycles. The molecule has 23 heavy (non-hydrogen) atoms. The Balaban J connectivity index is 2.06. The lowest BCUT2D eigenvalue weighted by atomic mass is 10.1. The Morgan fingerprint density at radius 2 is 1.39 bits per heavy atom. The van der Waals surface area contributed by atoms with E-state index in [-0.39, 0.29) is 11.2 Å². The highest BCUT2D eigenvalue weighted by atomic mass is 16.3. The van der Waals surface area contributed by atoms with Gasteiger partial charge in [0.25, 0.3) is 0 Å². The van der Waals surface area contributed by atoms with Gasteiger partial charge in [-0.1, -0.05) is 36.4 Å². The number of rotatable bonds is 2. The highest BCUT2D eigenvalue weighted by molar-refractivity contribution is 5.93. The van der Waals surface area contributed by atoms with Crippen LogP contribution in [0.15, 0.2) is 77.6 Å². The molecule has 0 saturated heterocycles. The molecule has 112 valence electrons. The molecule has 1 N–H and O–H groups in total. The highest BCUT2D eigenvalue weighted by Gasteiger charge is 2.10. The zero-order valence-corrected chi connectivity index (χ0v) is 12.4. The average Bonchev–Trinajstić information content (AvgIpc) is 2.59. The lowest BCUT2D eigenvalue weighted by Gasteiger charge is -2.15. The zero-order chi connectivity index (χ0) is 15.8. The van der Waals surface area contributed by atoms with Crippen molar-refractivity contribution in [2.75, 3.05) is 0 Å². The van der Waals surface area contributed by atoms with Crippen molar-refractivity contribution < 1.29 is 5.11 Å². The molecule has 3 aromatic carbocycles. The number of para-hydroxylation sites is 2. The number of hydrogen-bond acceptors (Lipinski definition) is 2. The first-order valence-corrected chi connectivity index (χ1v) is 7.52. The standard InChI is InChI=1S/C20H15NO2/c22-15-7-5-6-14(12-15)13-21-18-10-3-1-8-16(18)20(23)17-9-2-4-11-19(17)21/h1-12,22H,13H2. The highest BCUT2D eigenvalue weighted by Crippen LogP contribution is 2.21. The van der Waals surface area contributed by atoms with E-state index in [1.165, 1.54) is 0 Å². The molecule has 0 aliphatic rings. The number of pyridine rings is 1. The summed E-state index contributed by atoms with van der Waals surface area (Å²) in [6.45, 7) is 0.593. The summed E-state index contributed by atoms with van der Waals surface area (Å²) >= 11 is 0. The Bertz CT molecular complexity index is 1020. The molecule has 0 unspecified atom stereocenters. The fourth-order valence-corrected chi connectivity index (χ4v) is 3.08. The number of hydrogen-bond donors (Lipinski definition) is 1. The van der Waals surface area contributed by atoms with Crippen molar-refractivity contribution >= 4 is 21.8 Å². The van der Waals surface area contributed by atoms with Gasteiger partial charge in [-0.25, -0.2) is 0 Å². The third kappa shape index (κ3) is 2.27. The molecule has 0 aliphatic heterocycles. The van der Waals surface area contributed by atoms with Crippen molar-refractivity contribution in [3.05, 3.63) is 88.6 Å². The van der Waals surface area contributed by atoms with Gasteiger partial charge in [-0.05, 0) is 42.0 Å². The zero-order valence-electron chi connectivity index (χ0n) is 12.4. The average molecular weight is 301 g/mol. The second-order valence-electron chi connectivity index (χ2n) is 5.62. The Morgan fingerprint density at radius 1 is 0.783 bits per heavy atom. The van der Waals surface area contributed by atoms with E-state index in [1.54, 1.807) is 12.1 Å². The minimum Gasteiger partial charge on any atom is -0.508 e. The van der Waals surface area contributed by atoms with Crippen LogP contribution < -0.4 is 5.43 Å². The third-order valence-electron chi connectivity index (χ3n) is 4.13. The van der Waals surface area contributed by atoms with Gasteiger partial charge in [0.1, 0.15) is 5.75 Å². The van der Waals surface area contributed by atoms with Crippen molar-refractivity contribution in [3.8, 4) is 5.75 Å². The predicted octanol–water partition coefficient (Wildman–Crippen LogP) is 3.91. The summed E-state index contributed by atoms with van der Waals surface area (Å²) in [4.78, 5) is 12.7. The summed E-state index contributed by atoms with van der Waals surface area (Å²) in [6, 6.07) is 22.5. The first-order chi connectivity index (χ1) is 11.2. The summed E-state index contributed by atoms with van der Waals surface area (Å²) in [5.74, 6) is 0.247. The largest absolute Gasteiger partial charge is 0.508 e. The first-order valence-electron chi connectivity index (χ1n) is 7.52. The van der Waals surface area contributed by atoms with Crippen LogP contribution in [0.4, 0.5) is 0 Å². The maximum Gasteiger partial charge on any atom is 0.197 e. The molecule has 1 heterocycles. The Kier molecular flexibility index (Phi) is 3.12. The van der Waals surface area contributed by atoms with E-state index in [9.17, 15) is 9.90 Å². The summed E-state index contributed by atoms with van der Waals surface area (Å²) in [6.07, 6.45) is 0. The van der Waals surface area contributed by atoms with Crippen molar-refractivity contribution in [3.63, 3.8) is 0 Å². The van der Waals surface area contributed by atoms with Crippen molar-refractivity contribution in [2.45, 2.75) is 6.54 Å². The second kappa shape index (κ2) is 5.29. The van der Waals surface area contributed by atoms with Crippen molar-refractivity contribution in [1.82, 2.24) is 4.57 Å². The lowest BCUT2D eigenvalue weighted by molar-refractivity contribution is 0.474. The van der Waals surface area contributed by atoms with Gasteiger partial charge in [-0.2, -0.15) is 0 Å². The molecule has 0 radical (unpaired) electrons. The summed E-state index contributed by atoms with van der Waals surface area (Å²) < 4.78 is 2.13. The second-order valence-corrected chi connectivity index (χ2v) is 5.62. The lowest BCUT2D eigenvalue weighted by Crippen LogP contribution is -2.12. The molecule has 0 bridgehead atoms. The fraction of sp³-hybridized carbons (Fsp3) is 0.0500. The fourth-order valence-electron chi connectivity index (χ4n) is 3.08. The number of aromatic hydroxyl groups is 1. The van der Waals surface area contributed by atoms with E-state index in [4.69, 9.17) is 0 Å². The molecule has 0 spiro atoms. The number of phenols is 1. The molecule has 0 fully saturated rings. The van der Waals surface area contributed by atoms with Crippen LogP contribution >= 0.6 is 0 Å². The minimum atomic E-state index is 0.0587. The smallest absolute Gasteiger partial charge is 0.197 e. The van der Waals surface area contributed by atoms with E-state index in [2.05, 4.69) is 4.57 Å². The minimum absolute atomic E-state index is 0.0587. The molecule has 3 nitrogen and oxygen atoms in total. The molecule has 3 heteroatoms. The van der Waals surface area contributed by atoms with E-state index in [0.29, 0.717) is 17.3 Å². The summed E-state index contributed by atoms with van der Waals surface area (Å²) in [7, 11) is 0. The van der Waals surface area contributed by atoms with Crippen LogP contribution in [-0.4, -0.2) is 9.67 Å². The van der Waals surface area contributed by atoms with Crippen molar-refractivity contribution in [2.24, 2.45) is 0 Å². The van der Waals surface area contributed by atoms with Crippen molar-refractivity contribution in [1.29, 1.82) is 0 Å². The third-order valence-corrected chi connectivity index (χ3v) is 4.13. The van der Waals surface area contributed by atoms with E-state index in [1.807, 2.05) is 60.7 Å².